The lowest BCUT2D eigenvalue weighted by Crippen LogP contribution is -2.38. The minimum atomic E-state index is -1.37. The molecule has 0 amide bonds. The summed E-state index contributed by atoms with van der Waals surface area (Å²) in [6.45, 7) is 0.644. The molecular weight excluding hydrogens is 352 g/mol. The number of aliphatic hydroxyl groups is 4. The van der Waals surface area contributed by atoms with Crippen LogP contribution in [0.3, 0.4) is 0 Å². The molecule has 5 N–H and O–H groups in total. The third kappa shape index (κ3) is 3.47. The second-order valence-corrected chi connectivity index (χ2v) is 6.41. The lowest BCUT2D eigenvalue weighted by atomic mass is 10.1. The Bertz CT molecular complexity index is 747. The van der Waals surface area contributed by atoms with Crippen molar-refractivity contribution in [3.8, 4) is 0 Å². The third-order valence-corrected chi connectivity index (χ3v) is 4.62. The molecule has 2 aliphatic heterocycles. The lowest BCUT2D eigenvalue weighted by molar-refractivity contribution is -0.204. The molecular formula is C15H22N2O9. The van der Waals surface area contributed by atoms with Gasteiger partial charge in [-0.25, -0.2) is 4.79 Å². The Hall–Kier alpha value is -1.60. The van der Waals surface area contributed by atoms with Gasteiger partial charge in [0.25, 0.3) is 5.56 Å². The maximum Gasteiger partial charge on any atom is 0.330 e. The molecule has 2 aliphatic rings. The van der Waals surface area contributed by atoms with Gasteiger partial charge in [0, 0.05) is 18.2 Å². The van der Waals surface area contributed by atoms with Crippen molar-refractivity contribution < 1.29 is 34.6 Å². The molecule has 3 rings (SSSR count). The van der Waals surface area contributed by atoms with Crippen molar-refractivity contribution in [2.24, 2.45) is 0 Å². The minimum Gasteiger partial charge on any atom is -0.394 e. The zero-order valence-electron chi connectivity index (χ0n) is 14.0. The fourth-order valence-electron chi connectivity index (χ4n) is 3.13. The van der Waals surface area contributed by atoms with Crippen molar-refractivity contribution >= 4 is 0 Å². The molecule has 2 fully saturated rings. The Morgan fingerprint density at radius 1 is 1.19 bits per heavy atom. The molecule has 3 heterocycles. The Morgan fingerprint density at radius 2 is 1.88 bits per heavy atom. The average Bonchev–Trinajstić information content (AvgIpc) is 3.14. The highest BCUT2D eigenvalue weighted by atomic mass is 16.7. The lowest BCUT2D eigenvalue weighted by Gasteiger charge is -2.22. The normalized spacial score (nSPS) is 37.3. The summed E-state index contributed by atoms with van der Waals surface area (Å²) in [7, 11) is 0. The smallest absolute Gasteiger partial charge is 0.330 e. The molecule has 7 atom stereocenters. The molecule has 0 aromatic carbocycles. The number of aliphatic hydroxyl groups excluding tert-OH is 4. The minimum absolute atomic E-state index is 0.142. The number of hydrogen-bond acceptors (Lipinski definition) is 9. The Kier molecular flexibility index (Phi) is 5.58. The molecule has 0 unspecified atom stereocenters. The number of aromatic amines is 1. The van der Waals surface area contributed by atoms with E-state index in [9.17, 15) is 24.9 Å². The summed E-state index contributed by atoms with van der Waals surface area (Å²) in [5, 5.41) is 38.4. The molecule has 2 saturated heterocycles. The van der Waals surface area contributed by atoms with Gasteiger partial charge < -0.3 is 34.6 Å². The van der Waals surface area contributed by atoms with Crippen LogP contribution in [0.2, 0.25) is 0 Å². The van der Waals surface area contributed by atoms with Gasteiger partial charge in [0.15, 0.2) is 6.29 Å². The van der Waals surface area contributed by atoms with Crippen molar-refractivity contribution in [3.63, 3.8) is 0 Å². The molecule has 1 aromatic rings. The van der Waals surface area contributed by atoms with E-state index in [-0.39, 0.29) is 6.42 Å². The van der Waals surface area contributed by atoms with E-state index in [0.29, 0.717) is 5.56 Å². The first-order valence-corrected chi connectivity index (χ1v) is 8.22. The number of rotatable bonds is 5. The van der Waals surface area contributed by atoms with Gasteiger partial charge in [-0.2, -0.15) is 0 Å². The van der Waals surface area contributed by atoms with Gasteiger partial charge in [0.1, 0.15) is 30.6 Å². The molecule has 0 bridgehead atoms. The molecule has 0 spiro atoms. The van der Waals surface area contributed by atoms with E-state index in [2.05, 4.69) is 4.98 Å². The summed E-state index contributed by atoms with van der Waals surface area (Å²) in [5.41, 5.74) is -0.834. The zero-order valence-corrected chi connectivity index (χ0v) is 14.0. The fraction of sp³-hybridized carbons (Fsp3) is 0.733. The second-order valence-electron chi connectivity index (χ2n) is 6.41. The number of aromatic nitrogens is 2. The van der Waals surface area contributed by atoms with Gasteiger partial charge >= 0.3 is 5.69 Å². The van der Waals surface area contributed by atoms with Crippen LogP contribution in [0.25, 0.3) is 0 Å². The van der Waals surface area contributed by atoms with Crippen LogP contribution in [-0.4, -0.2) is 80.0 Å². The largest absolute Gasteiger partial charge is 0.394 e. The van der Waals surface area contributed by atoms with Crippen molar-refractivity contribution in [2.75, 3.05) is 13.2 Å². The highest BCUT2D eigenvalue weighted by molar-refractivity contribution is 5.02. The topological polar surface area (TPSA) is 163 Å². The van der Waals surface area contributed by atoms with Gasteiger partial charge in [0.05, 0.1) is 19.3 Å². The number of nitrogens with one attached hydrogen (secondary N) is 1. The molecule has 0 saturated carbocycles. The third-order valence-electron chi connectivity index (χ3n) is 4.62. The summed E-state index contributed by atoms with van der Waals surface area (Å²) >= 11 is 0. The van der Waals surface area contributed by atoms with Crippen molar-refractivity contribution in [1.29, 1.82) is 0 Å². The van der Waals surface area contributed by atoms with Crippen molar-refractivity contribution in [2.45, 2.75) is 56.4 Å². The Morgan fingerprint density at radius 3 is 2.50 bits per heavy atom. The maximum absolute atomic E-state index is 12.0. The average molecular weight is 374 g/mol. The molecule has 26 heavy (non-hydrogen) atoms. The van der Waals surface area contributed by atoms with Crippen LogP contribution in [0, 0.1) is 6.92 Å². The van der Waals surface area contributed by atoms with Gasteiger partial charge in [-0.1, -0.05) is 0 Å². The van der Waals surface area contributed by atoms with Crippen LogP contribution in [-0.2, 0) is 14.2 Å². The first kappa shape index (κ1) is 19.2. The first-order valence-electron chi connectivity index (χ1n) is 8.22. The van der Waals surface area contributed by atoms with E-state index in [1.165, 1.54) is 10.8 Å². The van der Waals surface area contributed by atoms with Crippen LogP contribution in [0.15, 0.2) is 15.8 Å². The van der Waals surface area contributed by atoms with Gasteiger partial charge in [0.2, 0.25) is 0 Å². The number of aryl methyl sites for hydroxylation is 1. The standard InChI is InChI=1S/C15H22N2O9/c1-6-3-17(15(23)16-13(6)22)10-2-7(8(4-18)24-10)25-14-12(21)11(20)9(5-19)26-14/h3,7-12,14,18-21H,2,4-5H2,1H3,(H,16,22,23)/t7-,8+,9-,10+,11-,12+,14+/m0/s1. The SMILES string of the molecule is Cc1cn([C@H]2C[C@H](O[C@@H]3O[C@@H](CO)[C@H](O)[C@H]3O)[C@@H](CO)O2)c(=O)[nH]c1=O. The maximum atomic E-state index is 12.0. The van der Waals surface area contributed by atoms with Gasteiger partial charge in [-0.05, 0) is 6.92 Å². The molecule has 0 radical (unpaired) electrons. The van der Waals surface area contributed by atoms with Crippen LogP contribution in [0.4, 0.5) is 0 Å². The molecule has 11 nitrogen and oxygen atoms in total. The van der Waals surface area contributed by atoms with E-state index in [1.54, 1.807) is 6.92 Å². The van der Waals surface area contributed by atoms with Crippen LogP contribution >= 0.6 is 0 Å². The van der Waals surface area contributed by atoms with Crippen LogP contribution < -0.4 is 11.2 Å². The number of nitrogens with zero attached hydrogens (tertiary/aromatic N) is 1. The fourth-order valence-corrected chi connectivity index (χ4v) is 3.13. The monoisotopic (exact) mass is 374 g/mol. The first-order chi connectivity index (χ1) is 12.3. The summed E-state index contributed by atoms with van der Waals surface area (Å²) in [6.07, 6.45) is -5.71. The number of ether oxygens (including phenoxy) is 3. The van der Waals surface area contributed by atoms with Crippen molar-refractivity contribution in [1.82, 2.24) is 9.55 Å². The summed E-state index contributed by atoms with van der Waals surface area (Å²) < 4.78 is 17.7. The summed E-state index contributed by atoms with van der Waals surface area (Å²) in [4.78, 5) is 25.7. The molecule has 0 aliphatic carbocycles. The van der Waals surface area contributed by atoms with E-state index < -0.39 is 67.5 Å². The number of hydrogen-bond donors (Lipinski definition) is 5. The summed E-state index contributed by atoms with van der Waals surface area (Å²) in [5.74, 6) is 0. The predicted octanol–water partition coefficient (Wildman–Crippen LogP) is -3.05. The number of H-pyrrole nitrogens is 1. The van der Waals surface area contributed by atoms with E-state index in [0.717, 1.165) is 0 Å². The van der Waals surface area contributed by atoms with E-state index in [1.807, 2.05) is 0 Å². The molecule has 146 valence electrons. The molecule has 11 heteroatoms. The van der Waals surface area contributed by atoms with Crippen LogP contribution in [0.1, 0.15) is 18.2 Å². The highest BCUT2D eigenvalue weighted by Gasteiger charge is 2.47. The Balaban J connectivity index is 1.75. The van der Waals surface area contributed by atoms with E-state index in [4.69, 9.17) is 19.3 Å². The van der Waals surface area contributed by atoms with Crippen LogP contribution in [0.5, 0.6) is 0 Å². The van der Waals surface area contributed by atoms with Gasteiger partial charge in [-0.15, -0.1) is 0 Å². The highest BCUT2D eigenvalue weighted by Crippen LogP contribution is 2.33. The quantitative estimate of drug-likeness (QED) is 0.360. The van der Waals surface area contributed by atoms with Crippen molar-refractivity contribution in [3.05, 3.63) is 32.6 Å². The summed E-state index contributed by atoms with van der Waals surface area (Å²) in [6, 6.07) is 0. The second kappa shape index (κ2) is 7.56. The Labute approximate surface area is 147 Å². The van der Waals surface area contributed by atoms with Gasteiger partial charge in [-0.3, -0.25) is 14.3 Å². The molecule has 1 aromatic heterocycles. The zero-order chi connectivity index (χ0) is 19.0. The van der Waals surface area contributed by atoms with E-state index >= 15 is 0 Å². The predicted molar refractivity (Wildman–Crippen MR) is 84.3 cm³/mol.